The number of rotatable bonds is 18. The molecule has 0 saturated heterocycles. The summed E-state index contributed by atoms with van der Waals surface area (Å²) in [5.74, 6) is -5.59. The highest BCUT2D eigenvalue weighted by atomic mass is 35.5. The Bertz CT molecular complexity index is 2410. The number of halogens is 1. The number of carbonyl (C=O) groups is 7. The van der Waals surface area contributed by atoms with Gasteiger partial charge in [0.15, 0.2) is 24.0 Å². The van der Waals surface area contributed by atoms with E-state index >= 15 is 0 Å². The standard InChI is InChI=1S/C50H58ClN5O10/c1-29-23-44(60)47(56(4)50(64)37(7-5-6-20-52)27-43(59)35-11-9-33(10-12-35)34-13-16-38(51)17-14-34)36-15-19-46(65-22-21-53)40(26-36)39-24-32(8-18-42(39)58)25-41(55-48(29)62)49(63)54-30(2)45(61)28-66-31(3)57/h8-19,24,26,29-30,37,41,47,58H,5-7,20-23,25,27-28,52-53H2,1-4H3,(H,54,63)(H,55,62)/t29-,30+,37-,41+,47+/m1/s1. The second kappa shape index (κ2) is 23.7. The number of hydrogen-bond acceptors (Lipinski definition) is 12. The van der Waals surface area contributed by atoms with Crippen LogP contribution in [-0.2, 0) is 39.9 Å². The molecule has 350 valence electrons. The summed E-state index contributed by atoms with van der Waals surface area (Å²) in [5, 5.41) is 17.3. The normalized spacial score (nSPS) is 17.0. The molecule has 66 heavy (non-hydrogen) atoms. The third-order valence-electron chi connectivity index (χ3n) is 11.5. The van der Waals surface area contributed by atoms with Crippen molar-refractivity contribution in [3.05, 3.63) is 107 Å². The van der Waals surface area contributed by atoms with Gasteiger partial charge in [-0.15, -0.1) is 0 Å². The Morgan fingerprint density at radius 1 is 0.894 bits per heavy atom. The summed E-state index contributed by atoms with van der Waals surface area (Å²) in [5.41, 5.74) is 15.3. The number of amides is 3. The lowest BCUT2D eigenvalue weighted by atomic mass is 9.88. The number of ketones is 3. The lowest BCUT2D eigenvalue weighted by Gasteiger charge is -2.32. The molecule has 1 aliphatic heterocycles. The number of nitrogens with two attached hydrogens (primary N) is 2. The van der Waals surface area contributed by atoms with Gasteiger partial charge in [-0.1, -0.05) is 73.5 Å². The van der Waals surface area contributed by atoms with Crippen molar-refractivity contribution in [3.8, 4) is 33.8 Å². The molecule has 0 unspecified atom stereocenters. The van der Waals surface area contributed by atoms with Crippen molar-refractivity contribution in [3.63, 3.8) is 0 Å². The molecule has 4 bridgehead atoms. The fraction of sp³-hybridized carbons (Fsp3) is 0.380. The van der Waals surface area contributed by atoms with Gasteiger partial charge in [-0.05, 0) is 85.0 Å². The van der Waals surface area contributed by atoms with Crippen LogP contribution in [0.15, 0.2) is 84.9 Å². The first-order chi connectivity index (χ1) is 31.5. The molecule has 0 aliphatic carbocycles. The number of benzene rings is 4. The smallest absolute Gasteiger partial charge is 0.303 e. The van der Waals surface area contributed by atoms with E-state index in [2.05, 4.69) is 10.6 Å². The van der Waals surface area contributed by atoms with Crippen LogP contribution in [0.5, 0.6) is 11.5 Å². The average molecular weight is 924 g/mol. The second-order valence-electron chi connectivity index (χ2n) is 16.6. The zero-order chi connectivity index (χ0) is 48.1. The first-order valence-electron chi connectivity index (χ1n) is 22.0. The van der Waals surface area contributed by atoms with Crippen molar-refractivity contribution in [1.29, 1.82) is 0 Å². The Kier molecular flexibility index (Phi) is 18.1. The Morgan fingerprint density at radius 2 is 1.58 bits per heavy atom. The maximum absolute atomic E-state index is 14.8. The van der Waals surface area contributed by atoms with Gasteiger partial charge in [-0.25, -0.2) is 0 Å². The van der Waals surface area contributed by atoms with Crippen molar-refractivity contribution < 1.29 is 48.1 Å². The molecular weight excluding hydrogens is 866 g/mol. The number of ether oxygens (including phenoxy) is 2. The van der Waals surface area contributed by atoms with Gasteiger partial charge in [0.05, 0.1) is 6.04 Å². The Labute approximate surface area is 389 Å². The lowest BCUT2D eigenvalue weighted by molar-refractivity contribution is -0.146. The Hall–Kier alpha value is -6.42. The minimum Gasteiger partial charge on any atom is -0.507 e. The van der Waals surface area contributed by atoms with Gasteiger partial charge in [0.2, 0.25) is 17.7 Å². The van der Waals surface area contributed by atoms with E-state index in [0.29, 0.717) is 58.8 Å². The Morgan fingerprint density at radius 3 is 2.23 bits per heavy atom. The van der Waals surface area contributed by atoms with E-state index < -0.39 is 71.8 Å². The summed E-state index contributed by atoms with van der Waals surface area (Å²) in [7, 11) is 1.49. The lowest BCUT2D eigenvalue weighted by Crippen LogP contribution is -2.53. The van der Waals surface area contributed by atoms with E-state index in [1.165, 1.54) is 31.9 Å². The molecule has 0 aromatic heterocycles. The number of nitrogens with zero attached hydrogens (tertiary/aromatic N) is 1. The minimum absolute atomic E-state index is 0.0916. The zero-order valence-corrected chi connectivity index (χ0v) is 38.4. The van der Waals surface area contributed by atoms with E-state index in [9.17, 15) is 38.7 Å². The van der Waals surface area contributed by atoms with Gasteiger partial charge in [-0.2, -0.15) is 0 Å². The maximum atomic E-state index is 14.8. The number of phenols is 1. The second-order valence-corrected chi connectivity index (χ2v) is 17.0. The third-order valence-corrected chi connectivity index (χ3v) is 11.8. The monoisotopic (exact) mass is 923 g/mol. The van der Waals surface area contributed by atoms with Crippen molar-refractivity contribution in [1.82, 2.24) is 15.5 Å². The molecule has 0 saturated carbocycles. The molecule has 0 fully saturated rings. The number of unbranched alkanes of at least 4 members (excludes halogenated alkanes) is 1. The van der Waals surface area contributed by atoms with E-state index in [1.807, 2.05) is 24.3 Å². The number of carbonyl (C=O) groups excluding carboxylic acids is 7. The number of hydrogen-bond donors (Lipinski definition) is 5. The highest BCUT2D eigenvalue weighted by molar-refractivity contribution is 6.30. The number of esters is 1. The molecule has 7 N–H and O–H groups in total. The van der Waals surface area contributed by atoms with Crippen molar-refractivity contribution in [2.24, 2.45) is 23.3 Å². The summed E-state index contributed by atoms with van der Waals surface area (Å²) < 4.78 is 10.8. The third kappa shape index (κ3) is 13.3. The number of fused-ring (bicyclic) bond motifs is 5. The molecular formula is C50H58ClN5O10. The first kappa shape index (κ1) is 50.6. The van der Waals surface area contributed by atoms with Gasteiger partial charge in [0.25, 0.3) is 0 Å². The van der Waals surface area contributed by atoms with Crippen molar-refractivity contribution in [2.45, 2.75) is 77.4 Å². The maximum Gasteiger partial charge on any atom is 0.303 e. The van der Waals surface area contributed by atoms with Gasteiger partial charge in [0.1, 0.15) is 30.2 Å². The molecule has 4 aromatic carbocycles. The van der Waals surface area contributed by atoms with Gasteiger partial charge >= 0.3 is 5.97 Å². The predicted molar refractivity (Wildman–Crippen MR) is 250 cm³/mol. The van der Waals surface area contributed by atoms with Crippen LogP contribution in [0.3, 0.4) is 0 Å². The number of aromatic hydroxyl groups is 1. The van der Waals surface area contributed by atoms with Gasteiger partial charge in [-0.3, -0.25) is 33.6 Å². The topological polar surface area (TPSA) is 238 Å². The van der Waals surface area contributed by atoms with Crippen molar-refractivity contribution in [2.75, 3.05) is 33.4 Å². The van der Waals surface area contributed by atoms with Crippen LogP contribution in [0.1, 0.15) is 80.4 Å². The summed E-state index contributed by atoms with van der Waals surface area (Å²) in [6.45, 7) is 4.18. The molecule has 0 radical (unpaired) electrons. The van der Waals surface area contributed by atoms with Crippen LogP contribution in [0.4, 0.5) is 0 Å². The number of Topliss-reactive ketones (excluding diaryl/α,β-unsaturated/α-hetero) is 3. The van der Waals surface area contributed by atoms with Crippen molar-refractivity contribution >= 4 is 52.6 Å². The van der Waals surface area contributed by atoms with E-state index in [0.717, 1.165) is 18.1 Å². The van der Waals surface area contributed by atoms with Crippen LogP contribution in [0.2, 0.25) is 5.02 Å². The average Bonchev–Trinajstić information content (AvgIpc) is 3.29. The molecule has 0 spiro atoms. The number of phenolic OH excluding ortho intramolecular Hbond substituents is 1. The summed E-state index contributed by atoms with van der Waals surface area (Å²) in [6.07, 6.45) is 0.845. The van der Waals surface area contributed by atoms with Crippen LogP contribution in [-0.4, -0.2) is 96.5 Å². The largest absolute Gasteiger partial charge is 0.507 e. The summed E-state index contributed by atoms with van der Waals surface area (Å²) in [4.78, 5) is 96.4. The Balaban J connectivity index is 1.52. The highest BCUT2D eigenvalue weighted by Crippen LogP contribution is 2.40. The molecule has 5 atom stereocenters. The number of likely N-dealkylation sites (N-methyl/N-ethyl adjacent to an activating group) is 1. The van der Waals surface area contributed by atoms with E-state index in [-0.39, 0.29) is 49.5 Å². The molecule has 4 aromatic rings. The van der Waals surface area contributed by atoms with Crippen LogP contribution in [0.25, 0.3) is 22.3 Å². The molecule has 1 heterocycles. The molecule has 3 amide bonds. The molecule has 16 heteroatoms. The summed E-state index contributed by atoms with van der Waals surface area (Å²) in [6, 6.07) is 20.3. The van der Waals surface area contributed by atoms with Gasteiger partial charge in [0, 0.05) is 73.3 Å². The SMILES string of the molecule is CC(=O)OCC(=O)[C@H](C)NC(=O)[C@@H]1Cc2ccc(O)c(c2)-c2cc(ccc2OCCN)[C@H](N(C)C(=O)[C@H](CCCCN)CC(=O)c2ccc(-c3ccc(Cl)cc3)cc2)C(=O)C[C@@H](C)C(=O)N1. The fourth-order valence-corrected chi connectivity index (χ4v) is 7.95. The zero-order valence-electron chi connectivity index (χ0n) is 37.6. The van der Waals surface area contributed by atoms with E-state index in [1.54, 1.807) is 54.6 Å². The van der Waals surface area contributed by atoms with Crippen LogP contribution < -0.4 is 26.8 Å². The molecule has 1 aliphatic rings. The minimum atomic E-state index is -1.28. The fourth-order valence-electron chi connectivity index (χ4n) is 7.83. The van der Waals surface area contributed by atoms with Crippen LogP contribution in [0, 0.1) is 11.8 Å². The first-order valence-corrected chi connectivity index (χ1v) is 22.3. The highest BCUT2D eigenvalue weighted by Gasteiger charge is 2.36. The summed E-state index contributed by atoms with van der Waals surface area (Å²) >= 11 is 6.07. The van der Waals surface area contributed by atoms with Crippen LogP contribution >= 0.6 is 11.6 Å². The number of nitrogens with one attached hydrogen (secondary N) is 2. The quantitative estimate of drug-likeness (QED) is 0.0472. The molecule has 5 rings (SSSR count). The predicted octanol–water partition coefficient (Wildman–Crippen LogP) is 5.51. The molecule has 15 nitrogen and oxygen atoms in total. The van der Waals surface area contributed by atoms with E-state index in [4.69, 9.17) is 32.5 Å². The van der Waals surface area contributed by atoms with Gasteiger partial charge < -0.3 is 41.6 Å².